The molecule has 0 fully saturated rings. The lowest BCUT2D eigenvalue weighted by atomic mass is 10.2. The van der Waals surface area contributed by atoms with Gasteiger partial charge in [0.25, 0.3) is 5.91 Å². The highest BCUT2D eigenvalue weighted by molar-refractivity contribution is 7.89. The van der Waals surface area contributed by atoms with Gasteiger partial charge >= 0.3 is 5.97 Å². The fourth-order valence-electron chi connectivity index (χ4n) is 2.01. The standard InChI is InChI=1S/C17H20N2O6S/c1-12(16(20)18-11-14-7-5-9-24-14)25-17(21)13-6-4-8-15(10-13)26(22,23)19(2)3/h4-10,12H,11H2,1-3H3,(H,18,20)/t12-/m0/s1. The van der Waals surface area contributed by atoms with Gasteiger partial charge in [0.15, 0.2) is 6.10 Å². The van der Waals surface area contributed by atoms with E-state index in [-0.39, 0.29) is 17.0 Å². The maximum atomic E-state index is 12.2. The van der Waals surface area contributed by atoms with Crippen LogP contribution in [0.5, 0.6) is 0 Å². The van der Waals surface area contributed by atoms with E-state index in [1.165, 1.54) is 51.5 Å². The Morgan fingerprint density at radius 3 is 2.58 bits per heavy atom. The number of furan rings is 1. The van der Waals surface area contributed by atoms with Crippen LogP contribution in [0.4, 0.5) is 0 Å². The van der Waals surface area contributed by atoms with E-state index < -0.39 is 28.0 Å². The summed E-state index contributed by atoms with van der Waals surface area (Å²) in [6.07, 6.45) is 0.436. The van der Waals surface area contributed by atoms with Gasteiger partial charge in [0, 0.05) is 14.1 Å². The molecule has 1 atom stereocenters. The first kappa shape index (κ1) is 19.7. The zero-order valence-corrected chi connectivity index (χ0v) is 15.4. The number of carbonyl (C=O) groups is 2. The van der Waals surface area contributed by atoms with Crippen LogP contribution in [-0.2, 0) is 26.1 Å². The number of esters is 1. The summed E-state index contributed by atoms with van der Waals surface area (Å²) in [5.41, 5.74) is 0.0404. The molecule has 0 saturated heterocycles. The predicted molar refractivity (Wildman–Crippen MR) is 92.7 cm³/mol. The molecule has 0 aliphatic rings. The second-order valence-corrected chi connectivity index (χ2v) is 7.81. The summed E-state index contributed by atoms with van der Waals surface area (Å²) in [7, 11) is -0.886. The van der Waals surface area contributed by atoms with Crippen LogP contribution in [0.15, 0.2) is 52.0 Å². The summed E-state index contributed by atoms with van der Waals surface area (Å²) in [5.74, 6) is -0.716. The molecule has 0 aliphatic heterocycles. The molecule has 0 saturated carbocycles. The fourth-order valence-corrected chi connectivity index (χ4v) is 2.96. The van der Waals surface area contributed by atoms with Crippen LogP contribution in [0, 0.1) is 0 Å². The number of carbonyl (C=O) groups excluding carboxylic acids is 2. The topological polar surface area (TPSA) is 106 Å². The molecule has 26 heavy (non-hydrogen) atoms. The zero-order chi connectivity index (χ0) is 19.3. The molecular formula is C17H20N2O6S. The maximum Gasteiger partial charge on any atom is 0.338 e. The summed E-state index contributed by atoms with van der Waals surface area (Å²) in [6, 6.07) is 8.85. The number of hydrogen-bond donors (Lipinski definition) is 1. The number of nitrogens with zero attached hydrogens (tertiary/aromatic N) is 1. The minimum Gasteiger partial charge on any atom is -0.467 e. The Morgan fingerprint density at radius 1 is 1.23 bits per heavy atom. The molecule has 1 heterocycles. The Kier molecular flexibility index (Phi) is 6.17. The minimum atomic E-state index is -3.68. The highest BCUT2D eigenvalue weighted by Gasteiger charge is 2.22. The lowest BCUT2D eigenvalue weighted by Crippen LogP contribution is -2.35. The molecule has 8 nitrogen and oxygen atoms in total. The SMILES string of the molecule is C[C@H](OC(=O)c1cccc(S(=O)(=O)N(C)C)c1)C(=O)NCc1ccco1. The third kappa shape index (κ3) is 4.70. The lowest BCUT2D eigenvalue weighted by molar-refractivity contribution is -0.129. The Hall–Kier alpha value is -2.65. The molecule has 140 valence electrons. The second-order valence-electron chi connectivity index (χ2n) is 5.66. The molecule has 9 heteroatoms. The third-order valence-electron chi connectivity index (χ3n) is 3.52. The average Bonchev–Trinajstić information content (AvgIpc) is 3.13. The van der Waals surface area contributed by atoms with Crippen molar-refractivity contribution < 1.29 is 27.2 Å². The largest absolute Gasteiger partial charge is 0.467 e. The van der Waals surface area contributed by atoms with Gasteiger partial charge in [-0.3, -0.25) is 4.79 Å². The van der Waals surface area contributed by atoms with Crippen molar-refractivity contribution in [2.45, 2.75) is 24.5 Å². The number of hydrogen-bond acceptors (Lipinski definition) is 6. The van der Waals surface area contributed by atoms with Crippen molar-refractivity contribution in [3.8, 4) is 0 Å². The van der Waals surface area contributed by atoms with Crippen molar-refractivity contribution >= 4 is 21.9 Å². The lowest BCUT2D eigenvalue weighted by Gasteiger charge is -2.14. The molecule has 0 radical (unpaired) electrons. The summed E-state index contributed by atoms with van der Waals surface area (Å²) >= 11 is 0. The summed E-state index contributed by atoms with van der Waals surface area (Å²) in [6.45, 7) is 1.60. The van der Waals surface area contributed by atoms with Crippen molar-refractivity contribution in [2.24, 2.45) is 0 Å². The van der Waals surface area contributed by atoms with Gasteiger partial charge in [-0.15, -0.1) is 0 Å². The Morgan fingerprint density at radius 2 is 1.96 bits per heavy atom. The first-order valence-electron chi connectivity index (χ1n) is 7.75. The van der Waals surface area contributed by atoms with E-state index in [2.05, 4.69) is 5.32 Å². The molecule has 1 aromatic heterocycles. The third-order valence-corrected chi connectivity index (χ3v) is 5.33. The molecule has 0 spiro atoms. The van der Waals surface area contributed by atoms with Crippen molar-refractivity contribution in [3.05, 3.63) is 54.0 Å². The number of benzene rings is 1. The van der Waals surface area contributed by atoms with Crippen LogP contribution >= 0.6 is 0 Å². The molecule has 2 aromatic rings. The van der Waals surface area contributed by atoms with Gasteiger partial charge in [0.2, 0.25) is 10.0 Å². The molecule has 1 N–H and O–H groups in total. The van der Waals surface area contributed by atoms with Gasteiger partial charge in [-0.1, -0.05) is 6.07 Å². The van der Waals surface area contributed by atoms with Crippen molar-refractivity contribution in [3.63, 3.8) is 0 Å². The highest BCUT2D eigenvalue weighted by atomic mass is 32.2. The van der Waals surface area contributed by atoms with E-state index in [9.17, 15) is 18.0 Å². The Balaban J connectivity index is 2.01. The van der Waals surface area contributed by atoms with Crippen LogP contribution in [0.25, 0.3) is 0 Å². The van der Waals surface area contributed by atoms with Crippen LogP contribution in [0.2, 0.25) is 0 Å². The number of sulfonamides is 1. The second kappa shape index (κ2) is 8.15. The zero-order valence-electron chi connectivity index (χ0n) is 14.6. The molecule has 1 amide bonds. The van der Waals surface area contributed by atoms with Gasteiger partial charge in [-0.05, 0) is 37.3 Å². The molecule has 2 rings (SSSR count). The first-order valence-corrected chi connectivity index (χ1v) is 9.19. The summed E-state index contributed by atoms with van der Waals surface area (Å²) in [4.78, 5) is 24.2. The van der Waals surface area contributed by atoms with E-state index in [1.807, 2.05) is 0 Å². The van der Waals surface area contributed by atoms with Gasteiger partial charge in [0.1, 0.15) is 5.76 Å². The van der Waals surface area contributed by atoms with Gasteiger partial charge in [-0.2, -0.15) is 0 Å². The molecule has 0 unspecified atom stereocenters. The van der Waals surface area contributed by atoms with E-state index in [1.54, 1.807) is 12.1 Å². The highest BCUT2D eigenvalue weighted by Crippen LogP contribution is 2.16. The predicted octanol–water partition coefficient (Wildman–Crippen LogP) is 1.39. The first-order chi connectivity index (χ1) is 12.2. The van der Waals surface area contributed by atoms with E-state index in [0.717, 1.165) is 4.31 Å². The van der Waals surface area contributed by atoms with Crippen LogP contribution < -0.4 is 5.32 Å². The van der Waals surface area contributed by atoms with Crippen LogP contribution in [0.3, 0.4) is 0 Å². The van der Waals surface area contributed by atoms with Crippen LogP contribution in [0.1, 0.15) is 23.0 Å². The maximum absolute atomic E-state index is 12.2. The van der Waals surface area contributed by atoms with Gasteiger partial charge in [0.05, 0.1) is 23.3 Å². The molecule has 1 aromatic carbocycles. The number of ether oxygens (including phenoxy) is 1. The minimum absolute atomic E-state index is 0.0353. The number of amides is 1. The Labute approximate surface area is 151 Å². The molecule has 0 aliphatic carbocycles. The smallest absolute Gasteiger partial charge is 0.338 e. The number of nitrogens with one attached hydrogen (secondary N) is 1. The van der Waals surface area contributed by atoms with Crippen molar-refractivity contribution in [2.75, 3.05) is 14.1 Å². The van der Waals surface area contributed by atoms with E-state index in [4.69, 9.17) is 9.15 Å². The monoisotopic (exact) mass is 380 g/mol. The van der Waals surface area contributed by atoms with E-state index >= 15 is 0 Å². The van der Waals surface area contributed by atoms with Crippen LogP contribution in [-0.4, -0.2) is 44.8 Å². The van der Waals surface area contributed by atoms with Crippen molar-refractivity contribution in [1.29, 1.82) is 0 Å². The molecule has 0 bridgehead atoms. The Bertz CT molecular complexity index is 874. The quantitative estimate of drug-likeness (QED) is 0.728. The molecular weight excluding hydrogens is 360 g/mol. The summed E-state index contributed by atoms with van der Waals surface area (Å²) in [5, 5.41) is 2.58. The van der Waals surface area contributed by atoms with Crippen molar-refractivity contribution in [1.82, 2.24) is 9.62 Å². The van der Waals surface area contributed by atoms with E-state index in [0.29, 0.717) is 5.76 Å². The summed E-state index contributed by atoms with van der Waals surface area (Å²) < 4.78 is 35.5. The average molecular weight is 380 g/mol. The van der Waals surface area contributed by atoms with Gasteiger partial charge in [-0.25, -0.2) is 17.5 Å². The normalized spacial score (nSPS) is 12.6. The number of rotatable bonds is 7. The fraction of sp³-hybridized carbons (Fsp3) is 0.294. The van der Waals surface area contributed by atoms with Gasteiger partial charge < -0.3 is 14.5 Å².